The van der Waals surface area contributed by atoms with Gasteiger partial charge in [0.2, 0.25) is 0 Å². The number of aromatic nitrogens is 2. The standard InChI is InChI=1S/C15H18N2OS/c1-3-4-10-19-15-14(11-18)12(2)16-17(15)13-8-6-5-7-9-13/h5-9,11H,3-4,10H2,1-2H3. The highest BCUT2D eigenvalue weighted by molar-refractivity contribution is 7.99. The summed E-state index contributed by atoms with van der Waals surface area (Å²) >= 11 is 1.71. The van der Waals surface area contributed by atoms with Gasteiger partial charge in [0.1, 0.15) is 5.03 Å². The maximum absolute atomic E-state index is 11.3. The molecule has 0 saturated heterocycles. The van der Waals surface area contributed by atoms with E-state index in [4.69, 9.17) is 0 Å². The number of rotatable bonds is 6. The number of unbranched alkanes of at least 4 members (excludes halogenated alkanes) is 1. The summed E-state index contributed by atoms with van der Waals surface area (Å²) in [5.41, 5.74) is 2.50. The summed E-state index contributed by atoms with van der Waals surface area (Å²) < 4.78 is 1.87. The second-order valence-corrected chi connectivity index (χ2v) is 5.46. The molecule has 0 unspecified atom stereocenters. The summed E-state index contributed by atoms with van der Waals surface area (Å²) in [6.45, 7) is 4.05. The number of hydrogen-bond acceptors (Lipinski definition) is 3. The van der Waals surface area contributed by atoms with Crippen molar-refractivity contribution in [1.29, 1.82) is 0 Å². The van der Waals surface area contributed by atoms with Crippen molar-refractivity contribution in [2.24, 2.45) is 0 Å². The first-order valence-electron chi connectivity index (χ1n) is 6.51. The molecule has 0 aliphatic carbocycles. The van der Waals surface area contributed by atoms with Crippen molar-refractivity contribution in [3.63, 3.8) is 0 Å². The number of benzene rings is 1. The Kier molecular flexibility index (Phi) is 4.80. The van der Waals surface area contributed by atoms with Gasteiger partial charge in [-0.2, -0.15) is 5.10 Å². The molecule has 100 valence electrons. The van der Waals surface area contributed by atoms with Crippen molar-refractivity contribution in [3.05, 3.63) is 41.6 Å². The van der Waals surface area contributed by atoms with E-state index < -0.39 is 0 Å². The van der Waals surface area contributed by atoms with Gasteiger partial charge in [-0.3, -0.25) is 4.79 Å². The van der Waals surface area contributed by atoms with Crippen LogP contribution in [0.15, 0.2) is 35.4 Å². The first-order chi connectivity index (χ1) is 9.27. The molecule has 0 saturated carbocycles. The van der Waals surface area contributed by atoms with Crippen molar-refractivity contribution in [3.8, 4) is 5.69 Å². The molecular formula is C15H18N2OS. The van der Waals surface area contributed by atoms with E-state index in [0.717, 1.165) is 41.3 Å². The molecule has 0 bridgehead atoms. The summed E-state index contributed by atoms with van der Waals surface area (Å²) in [6, 6.07) is 9.95. The van der Waals surface area contributed by atoms with Gasteiger partial charge in [0.25, 0.3) is 0 Å². The average Bonchev–Trinajstić information content (AvgIpc) is 2.76. The van der Waals surface area contributed by atoms with Gasteiger partial charge in [0, 0.05) is 0 Å². The Balaban J connectivity index is 2.40. The van der Waals surface area contributed by atoms with Crippen molar-refractivity contribution >= 4 is 18.0 Å². The topological polar surface area (TPSA) is 34.9 Å². The zero-order valence-electron chi connectivity index (χ0n) is 11.3. The Labute approximate surface area is 118 Å². The quantitative estimate of drug-likeness (QED) is 0.455. The number of carbonyl (C=O) groups is 1. The van der Waals surface area contributed by atoms with Crippen LogP contribution in [-0.4, -0.2) is 21.8 Å². The zero-order valence-corrected chi connectivity index (χ0v) is 12.1. The zero-order chi connectivity index (χ0) is 13.7. The van der Waals surface area contributed by atoms with E-state index in [1.165, 1.54) is 0 Å². The molecule has 1 aromatic carbocycles. The van der Waals surface area contributed by atoms with Gasteiger partial charge in [0.05, 0.1) is 16.9 Å². The van der Waals surface area contributed by atoms with Crippen molar-refractivity contribution in [1.82, 2.24) is 9.78 Å². The van der Waals surface area contributed by atoms with Crippen LogP contribution >= 0.6 is 11.8 Å². The van der Waals surface area contributed by atoms with Gasteiger partial charge in [-0.1, -0.05) is 31.5 Å². The van der Waals surface area contributed by atoms with Crippen LogP contribution in [0.2, 0.25) is 0 Å². The van der Waals surface area contributed by atoms with Crippen LogP contribution in [0.1, 0.15) is 35.8 Å². The molecule has 2 aromatic rings. The maximum atomic E-state index is 11.3. The number of aryl methyl sites for hydroxylation is 1. The Morgan fingerprint density at radius 3 is 2.68 bits per heavy atom. The summed E-state index contributed by atoms with van der Waals surface area (Å²) in [4.78, 5) is 11.3. The van der Waals surface area contributed by atoms with Gasteiger partial charge < -0.3 is 0 Å². The van der Waals surface area contributed by atoms with Gasteiger partial charge in [-0.25, -0.2) is 4.68 Å². The number of carbonyl (C=O) groups excluding carboxylic acids is 1. The van der Waals surface area contributed by atoms with E-state index in [2.05, 4.69) is 12.0 Å². The molecule has 0 fully saturated rings. The minimum Gasteiger partial charge on any atom is -0.298 e. The van der Waals surface area contributed by atoms with E-state index in [-0.39, 0.29) is 0 Å². The lowest BCUT2D eigenvalue weighted by molar-refractivity contribution is 0.112. The monoisotopic (exact) mass is 274 g/mol. The fraction of sp³-hybridized carbons (Fsp3) is 0.333. The molecule has 0 atom stereocenters. The third kappa shape index (κ3) is 3.07. The predicted molar refractivity (Wildman–Crippen MR) is 79.3 cm³/mol. The molecule has 2 rings (SSSR count). The van der Waals surface area contributed by atoms with Crippen LogP contribution in [0.3, 0.4) is 0 Å². The molecule has 1 heterocycles. The van der Waals surface area contributed by atoms with E-state index in [9.17, 15) is 4.79 Å². The Hall–Kier alpha value is -1.55. The smallest absolute Gasteiger partial charge is 0.154 e. The van der Waals surface area contributed by atoms with Gasteiger partial charge >= 0.3 is 0 Å². The third-order valence-corrected chi connectivity index (χ3v) is 4.08. The molecule has 3 nitrogen and oxygen atoms in total. The molecule has 1 aromatic heterocycles. The van der Waals surface area contributed by atoms with Gasteiger partial charge in [-0.15, -0.1) is 11.8 Å². The van der Waals surface area contributed by atoms with Crippen molar-refractivity contribution in [2.75, 3.05) is 5.75 Å². The normalized spacial score (nSPS) is 10.6. The van der Waals surface area contributed by atoms with E-state index in [1.807, 2.05) is 41.9 Å². The number of thioether (sulfide) groups is 1. The van der Waals surface area contributed by atoms with E-state index in [1.54, 1.807) is 11.8 Å². The number of aldehydes is 1. The summed E-state index contributed by atoms with van der Waals surface area (Å²) in [6.07, 6.45) is 3.21. The first kappa shape index (κ1) is 13.9. The summed E-state index contributed by atoms with van der Waals surface area (Å²) in [7, 11) is 0. The van der Waals surface area contributed by atoms with Crippen LogP contribution in [0.25, 0.3) is 5.69 Å². The molecule has 4 heteroatoms. The Morgan fingerprint density at radius 1 is 1.32 bits per heavy atom. The lowest BCUT2D eigenvalue weighted by Crippen LogP contribution is -1.99. The van der Waals surface area contributed by atoms with E-state index >= 15 is 0 Å². The first-order valence-corrected chi connectivity index (χ1v) is 7.49. The van der Waals surface area contributed by atoms with Crippen LogP contribution in [-0.2, 0) is 0 Å². The van der Waals surface area contributed by atoms with Crippen LogP contribution in [0.4, 0.5) is 0 Å². The predicted octanol–water partition coefficient (Wildman–Crippen LogP) is 3.89. The Morgan fingerprint density at radius 2 is 2.05 bits per heavy atom. The van der Waals surface area contributed by atoms with Crippen molar-refractivity contribution < 1.29 is 4.79 Å². The molecule has 0 aliphatic rings. The lowest BCUT2D eigenvalue weighted by atomic mass is 10.3. The highest BCUT2D eigenvalue weighted by atomic mass is 32.2. The molecule has 0 spiro atoms. The third-order valence-electron chi connectivity index (χ3n) is 2.92. The molecule has 0 radical (unpaired) electrons. The number of hydrogen-bond donors (Lipinski definition) is 0. The van der Waals surface area contributed by atoms with Crippen LogP contribution in [0, 0.1) is 6.92 Å². The second-order valence-electron chi connectivity index (χ2n) is 4.37. The van der Waals surface area contributed by atoms with Gasteiger partial charge in [-0.05, 0) is 31.2 Å². The minimum absolute atomic E-state index is 0.713. The molecule has 0 amide bonds. The maximum Gasteiger partial charge on any atom is 0.154 e. The molecule has 0 aliphatic heterocycles. The highest BCUT2D eigenvalue weighted by Gasteiger charge is 2.15. The fourth-order valence-corrected chi connectivity index (χ4v) is 3.10. The number of para-hydroxylation sites is 1. The Bertz CT molecular complexity index is 549. The fourth-order valence-electron chi connectivity index (χ4n) is 1.85. The van der Waals surface area contributed by atoms with Crippen LogP contribution in [0.5, 0.6) is 0 Å². The average molecular weight is 274 g/mol. The SMILES string of the molecule is CCCCSc1c(C=O)c(C)nn1-c1ccccc1. The van der Waals surface area contributed by atoms with E-state index in [0.29, 0.717) is 5.56 Å². The summed E-state index contributed by atoms with van der Waals surface area (Å²) in [5.74, 6) is 1.01. The molecular weight excluding hydrogens is 256 g/mol. The second kappa shape index (κ2) is 6.57. The largest absolute Gasteiger partial charge is 0.298 e. The molecule has 19 heavy (non-hydrogen) atoms. The van der Waals surface area contributed by atoms with Crippen molar-refractivity contribution in [2.45, 2.75) is 31.7 Å². The highest BCUT2D eigenvalue weighted by Crippen LogP contribution is 2.27. The molecule has 0 N–H and O–H groups in total. The summed E-state index contributed by atoms with van der Waals surface area (Å²) in [5, 5.41) is 5.45. The lowest BCUT2D eigenvalue weighted by Gasteiger charge is -2.07. The number of nitrogens with zero attached hydrogens (tertiary/aromatic N) is 2. The van der Waals surface area contributed by atoms with Crippen LogP contribution < -0.4 is 0 Å². The minimum atomic E-state index is 0.713. The van der Waals surface area contributed by atoms with Gasteiger partial charge in [0.15, 0.2) is 6.29 Å².